The molecule has 2 unspecified atom stereocenters. The van der Waals surface area contributed by atoms with Crippen molar-refractivity contribution in [2.24, 2.45) is 5.92 Å². The summed E-state index contributed by atoms with van der Waals surface area (Å²) in [6.45, 7) is 3.24. The van der Waals surface area contributed by atoms with Crippen LogP contribution in [0.25, 0.3) is 0 Å². The average Bonchev–Trinajstić information content (AvgIpc) is 2.88. The summed E-state index contributed by atoms with van der Waals surface area (Å²) in [4.78, 5) is 25.5. The zero-order chi connectivity index (χ0) is 23.9. The van der Waals surface area contributed by atoms with E-state index in [0.717, 1.165) is 36.9 Å². The lowest BCUT2D eigenvalue weighted by atomic mass is 9.78. The van der Waals surface area contributed by atoms with E-state index in [1.807, 2.05) is 30.3 Å². The fourth-order valence-corrected chi connectivity index (χ4v) is 4.84. The number of anilines is 1. The molecule has 176 valence electrons. The molecule has 1 aromatic heterocycles. The first-order valence-electron chi connectivity index (χ1n) is 12.1. The summed E-state index contributed by atoms with van der Waals surface area (Å²) in [5.41, 5.74) is 3.43. The summed E-state index contributed by atoms with van der Waals surface area (Å²) in [6.07, 6.45) is 6.56. The number of benzene rings is 2. The van der Waals surface area contributed by atoms with Gasteiger partial charge in [0.1, 0.15) is 0 Å². The predicted molar refractivity (Wildman–Crippen MR) is 135 cm³/mol. The number of aryl methyl sites for hydroxylation is 1. The monoisotopic (exact) mass is 456 g/mol. The van der Waals surface area contributed by atoms with Gasteiger partial charge in [-0.1, -0.05) is 48.9 Å². The lowest BCUT2D eigenvalue weighted by Gasteiger charge is -2.25. The number of hydrogen-bond donors (Lipinski definition) is 1. The van der Waals surface area contributed by atoms with Crippen LogP contribution in [-0.4, -0.2) is 15.7 Å². The van der Waals surface area contributed by atoms with Gasteiger partial charge in [0.2, 0.25) is 0 Å². The van der Waals surface area contributed by atoms with Gasteiger partial charge in [-0.2, -0.15) is 5.26 Å². The second kappa shape index (κ2) is 11.0. The van der Waals surface area contributed by atoms with Crippen molar-refractivity contribution in [1.82, 2.24) is 9.13 Å². The van der Waals surface area contributed by atoms with Crippen LogP contribution in [0.1, 0.15) is 54.7 Å². The van der Waals surface area contributed by atoms with Gasteiger partial charge in [0, 0.05) is 36.5 Å². The standard InChI is InChI=1S/C28H32N4O2/c1-21-19-31(20-22-7-3-2-4-8-22)28(34)32(27(21)33)16-6-15-30-26-13-11-24(12-14-26)25-10-5-9-23(17-25)18-29/h2-4,7-8,11-14,19,23,25,30H,5-6,9-10,15-17,20H2,1H3. The van der Waals surface area contributed by atoms with E-state index in [1.165, 1.54) is 10.1 Å². The maximum Gasteiger partial charge on any atom is 0.331 e. The Balaban J connectivity index is 1.34. The van der Waals surface area contributed by atoms with Crippen molar-refractivity contribution in [3.63, 3.8) is 0 Å². The molecular weight excluding hydrogens is 424 g/mol. The Morgan fingerprint density at radius 3 is 2.56 bits per heavy atom. The van der Waals surface area contributed by atoms with E-state index >= 15 is 0 Å². The molecule has 1 heterocycles. The molecule has 34 heavy (non-hydrogen) atoms. The van der Waals surface area contributed by atoms with E-state index < -0.39 is 0 Å². The van der Waals surface area contributed by atoms with Crippen molar-refractivity contribution >= 4 is 5.69 Å². The quantitative estimate of drug-likeness (QED) is 0.500. The largest absolute Gasteiger partial charge is 0.385 e. The SMILES string of the molecule is Cc1cn(Cc2ccccc2)c(=O)n(CCCNc2ccc(C3CCCC(C#N)C3)cc2)c1=O. The average molecular weight is 457 g/mol. The molecule has 2 atom stereocenters. The van der Waals surface area contributed by atoms with Crippen LogP contribution in [0.4, 0.5) is 5.69 Å². The third kappa shape index (κ3) is 5.66. The number of nitrogens with one attached hydrogen (secondary N) is 1. The highest BCUT2D eigenvalue weighted by Crippen LogP contribution is 2.36. The van der Waals surface area contributed by atoms with Crippen LogP contribution >= 0.6 is 0 Å². The van der Waals surface area contributed by atoms with E-state index in [0.29, 0.717) is 37.5 Å². The van der Waals surface area contributed by atoms with Gasteiger partial charge >= 0.3 is 5.69 Å². The number of hydrogen-bond acceptors (Lipinski definition) is 4. The van der Waals surface area contributed by atoms with Gasteiger partial charge in [0.15, 0.2) is 0 Å². The molecule has 0 saturated heterocycles. The fraction of sp³-hybridized carbons (Fsp3) is 0.393. The number of nitrogens with zero attached hydrogens (tertiary/aromatic N) is 3. The van der Waals surface area contributed by atoms with Gasteiger partial charge in [-0.05, 0) is 61.8 Å². The zero-order valence-corrected chi connectivity index (χ0v) is 19.7. The molecule has 0 bridgehead atoms. The Labute approximate surface area is 200 Å². The van der Waals surface area contributed by atoms with Crippen LogP contribution in [-0.2, 0) is 13.1 Å². The van der Waals surface area contributed by atoms with Crippen LogP contribution in [0.3, 0.4) is 0 Å². The van der Waals surface area contributed by atoms with E-state index in [-0.39, 0.29) is 17.2 Å². The molecule has 6 nitrogen and oxygen atoms in total. The second-order valence-electron chi connectivity index (χ2n) is 9.26. The number of aromatic nitrogens is 2. The van der Waals surface area contributed by atoms with Crippen LogP contribution in [0.2, 0.25) is 0 Å². The summed E-state index contributed by atoms with van der Waals surface area (Å²) in [7, 11) is 0. The van der Waals surface area contributed by atoms with Gasteiger partial charge in [0.25, 0.3) is 5.56 Å². The molecule has 1 aliphatic carbocycles. The van der Waals surface area contributed by atoms with E-state index in [9.17, 15) is 14.9 Å². The minimum atomic E-state index is -0.271. The summed E-state index contributed by atoms with van der Waals surface area (Å²) in [5.74, 6) is 0.651. The highest BCUT2D eigenvalue weighted by atomic mass is 16.2. The van der Waals surface area contributed by atoms with Gasteiger partial charge in [-0.15, -0.1) is 0 Å². The topological polar surface area (TPSA) is 79.8 Å². The van der Waals surface area contributed by atoms with Gasteiger partial charge < -0.3 is 5.32 Å². The number of rotatable bonds is 8. The minimum Gasteiger partial charge on any atom is -0.385 e. The van der Waals surface area contributed by atoms with Gasteiger partial charge in [0.05, 0.1) is 12.6 Å². The smallest absolute Gasteiger partial charge is 0.331 e. The zero-order valence-electron chi connectivity index (χ0n) is 19.7. The van der Waals surface area contributed by atoms with Crippen LogP contribution in [0.15, 0.2) is 70.4 Å². The van der Waals surface area contributed by atoms with Crippen molar-refractivity contribution in [3.05, 3.63) is 98.3 Å². The first-order chi connectivity index (χ1) is 16.5. The fourth-order valence-electron chi connectivity index (χ4n) is 4.84. The first kappa shape index (κ1) is 23.6. The second-order valence-corrected chi connectivity index (χ2v) is 9.26. The first-order valence-corrected chi connectivity index (χ1v) is 12.1. The summed E-state index contributed by atoms with van der Waals surface area (Å²) >= 11 is 0. The highest BCUT2D eigenvalue weighted by Gasteiger charge is 2.22. The molecular formula is C28H32N4O2. The number of nitriles is 1. The van der Waals surface area contributed by atoms with E-state index in [1.54, 1.807) is 17.7 Å². The molecule has 1 saturated carbocycles. The van der Waals surface area contributed by atoms with Crippen molar-refractivity contribution in [2.45, 2.75) is 58.0 Å². The summed E-state index contributed by atoms with van der Waals surface area (Å²) in [6, 6.07) is 20.7. The van der Waals surface area contributed by atoms with Crippen LogP contribution in [0.5, 0.6) is 0 Å². The molecule has 6 heteroatoms. The lowest BCUT2D eigenvalue weighted by Crippen LogP contribution is -2.41. The molecule has 3 aromatic rings. The maximum atomic E-state index is 12.9. The Morgan fingerprint density at radius 1 is 1.06 bits per heavy atom. The maximum absolute atomic E-state index is 12.9. The third-order valence-corrected chi connectivity index (χ3v) is 6.73. The Hall–Kier alpha value is -3.59. The van der Waals surface area contributed by atoms with Crippen molar-refractivity contribution < 1.29 is 0 Å². The Morgan fingerprint density at radius 2 is 1.82 bits per heavy atom. The molecule has 0 spiro atoms. The van der Waals surface area contributed by atoms with Crippen molar-refractivity contribution in [3.8, 4) is 6.07 Å². The van der Waals surface area contributed by atoms with E-state index in [2.05, 4.69) is 35.7 Å². The van der Waals surface area contributed by atoms with Crippen molar-refractivity contribution in [1.29, 1.82) is 5.26 Å². The summed E-state index contributed by atoms with van der Waals surface area (Å²) in [5, 5.41) is 12.6. The lowest BCUT2D eigenvalue weighted by molar-refractivity contribution is 0.379. The molecule has 4 rings (SSSR count). The predicted octanol–water partition coefficient (Wildman–Crippen LogP) is 4.67. The molecule has 0 amide bonds. The molecule has 0 aliphatic heterocycles. The summed E-state index contributed by atoms with van der Waals surface area (Å²) < 4.78 is 2.96. The molecule has 2 aromatic carbocycles. The van der Waals surface area contributed by atoms with E-state index in [4.69, 9.17) is 0 Å². The van der Waals surface area contributed by atoms with Crippen molar-refractivity contribution in [2.75, 3.05) is 11.9 Å². The normalized spacial score (nSPS) is 17.8. The van der Waals surface area contributed by atoms with Crippen LogP contribution < -0.4 is 16.6 Å². The molecule has 0 radical (unpaired) electrons. The Kier molecular flexibility index (Phi) is 7.64. The van der Waals surface area contributed by atoms with Crippen LogP contribution in [0, 0.1) is 24.2 Å². The third-order valence-electron chi connectivity index (χ3n) is 6.73. The highest BCUT2D eigenvalue weighted by molar-refractivity contribution is 5.45. The van der Waals surface area contributed by atoms with Gasteiger partial charge in [-0.3, -0.25) is 13.9 Å². The molecule has 1 aliphatic rings. The Bertz CT molecular complexity index is 1250. The molecule has 1 N–H and O–H groups in total. The van der Waals surface area contributed by atoms with Gasteiger partial charge in [-0.25, -0.2) is 4.79 Å². The molecule has 1 fully saturated rings. The minimum absolute atomic E-state index is 0.179.